The molecule has 1 aliphatic rings. The van der Waals surface area contributed by atoms with Crippen LogP contribution in [0.4, 0.5) is 0 Å². The molecule has 0 bridgehead atoms. The van der Waals surface area contributed by atoms with E-state index in [0.717, 1.165) is 31.8 Å². The summed E-state index contributed by atoms with van der Waals surface area (Å²) in [5.74, 6) is 0.985. The van der Waals surface area contributed by atoms with Crippen molar-refractivity contribution in [1.29, 1.82) is 0 Å². The third kappa shape index (κ3) is 2.37. The van der Waals surface area contributed by atoms with Gasteiger partial charge in [0.2, 0.25) is 0 Å². The van der Waals surface area contributed by atoms with Gasteiger partial charge in [-0.25, -0.2) is 0 Å². The number of aliphatic hydroxyl groups excluding tert-OH is 1. The lowest BCUT2D eigenvalue weighted by Crippen LogP contribution is -2.47. The predicted octanol–water partition coefficient (Wildman–Crippen LogP) is 2.66. The monoisotopic (exact) mass is 264 g/mol. The van der Waals surface area contributed by atoms with Crippen LogP contribution >= 0.6 is 0 Å². The van der Waals surface area contributed by atoms with E-state index >= 15 is 0 Å². The van der Waals surface area contributed by atoms with Gasteiger partial charge in [-0.3, -0.25) is 0 Å². The lowest BCUT2D eigenvalue weighted by molar-refractivity contribution is -0.0668. The molecule has 19 heavy (non-hydrogen) atoms. The summed E-state index contributed by atoms with van der Waals surface area (Å²) in [5.41, 5.74) is 5.14. The number of ether oxygens (including phenoxy) is 2. The zero-order chi connectivity index (χ0) is 14.0. The summed E-state index contributed by atoms with van der Waals surface area (Å²) in [6.07, 6.45) is 1.81. The van der Waals surface area contributed by atoms with Gasteiger partial charge < -0.3 is 14.6 Å². The zero-order valence-corrected chi connectivity index (χ0v) is 12.4. The number of methoxy groups -OCH3 is 1. The number of hydrogen-bond donors (Lipinski definition) is 1. The number of aryl methyl sites for hydroxylation is 1. The molecule has 1 aromatic carbocycles. The van der Waals surface area contributed by atoms with Crippen LogP contribution in [0.15, 0.2) is 6.07 Å². The SMILES string of the molecule is COc1c(C)cc(C2(CCCO)COC2)c(C)c1C. The van der Waals surface area contributed by atoms with Crippen molar-refractivity contribution in [2.24, 2.45) is 0 Å². The molecule has 0 spiro atoms. The fourth-order valence-corrected chi connectivity index (χ4v) is 3.12. The molecule has 0 unspecified atom stereocenters. The Hall–Kier alpha value is -1.06. The normalized spacial score (nSPS) is 17.1. The van der Waals surface area contributed by atoms with E-state index in [1.54, 1.807) is 7.11 Å². The largest absolute Gasteiger partial charge is 0.496 e. The third-order valence-corrected chi connectivity index (χ3v) is 4.37. The summed E-state index contributed by atoms with van der Waals surface area (Å²) in [6.45, 7) is 8.14. The Morgan fingerprint density at radius 3 is 2.42 bits per heavy atom. The molecular formula is C16H24O3. The summed E-state index contributed by atoms with van der Waals surface area (Å²) in [6, 6.07) is 2.24. The molecule has 3 nitrogen and oxygen atoms in total. The summed E-state index contributed by atoms with van der Waals surface area (Å²) < 4.78 is 11.0. The highest BCUT2D eigenvalue weighted by atomic mass is 16.5. The van der Waals surface area contributed by atoms with Crippen molar-refractivity contribution in [3.05, 3.63) is 28.3 Å². The van der Waals surface area contributed by atoms with Crippen LogP contribution < -0.4 is 4.74 Å². The average molecular weight is 264 g/mol. The second kappa shape index (κ2) is 5.51. The molecule has 1 N–H and O–H groups in total. The molecule has 2 rings (SSSR count). The molecule has 1 saturated heterocycles. The lowest BCUT2D eigenvalue weighted by atomic mass is 9.72. The first kappa shape index (κ1) is 14.4. The van der Waals surface area contributed by atoms with E-state index in [1.165, 1.54) is 22.3 Å². The first-order valence-corrected chi connectivity index (χ1v) is 6.89. The second-order valence-electron chi connectivity index (χ2n) is 5.62. The molecule has 1 fully saturated rings. The molecule has 0 radical (unpaired) electrons. The van der Waals surface area contributed by atoms with Crippen molar-refractivity contribution in [1.82, 2.24) is 0 Å². The predicted molar refractivity (Wildman–Crippen MR) is 76.0 cm³/mol. The molecule has 106 valence electrons. The van der Waals surface area contributed by atoms with Gasteiger partial charge in [0.05, 0.1) is 20.3 Å². The highest BCUT2D eigenvalue weighted by molar-refractivity contribution is 5.52. The highest BCUT2D eigenvalue weighted by Gasteiger charge is 2.41. The number of hydrogen-bond acceptors (Lipinski definition) is 3. The smallest absolute Gasteiger partial charge is 0.124 e. The Balaban J connectivity index is 2.44. The van der Waals surface area contributed by atoms with E-state index in [9.17, 15) is 0 Å². The van der Waals surface area contributed by atoms with E-state index in [2.05, 4.69) is 26.8 Å². The summed E-state index contributed by atoms with van der Waals surface area (Å²) in [7, 11) is 1.72. The molecule has 1 heterocycles. The minimum absolute atomic E-state index is 0.0919. The maximum absolute atomic E-state index is 9.10. The Morgan fingerprint density at radius 1 is 1.26 bits per heavy atom. The van der Waals surface area contributed by atoms with Crippen LogP contribution in [0, 0.1) is 20.8 Å². The standard InChI is InChI=1S/C16H24O3/c1-11-8-14(12(2)13(3)15(11)18-4)16(6-5-7-17)9-19-10-16/h8,17H,5-7,9-10H2,1-4H3. The quantitative estimate of drug-likeness (QED) is 0.888. The first-order chi connectivity index (χ1) is 9.05. The van der Waals surface area contributed by atoms with E-state index in [0.29, 0.717) is 0 Å². The van der Waals surface area contributed by atoms with Gasteiger partial charge in [0, 0.05) is 12.0 Å². The molecule has 0 amide bonds. The molecule has 1 aliphatic heterocycles. The van der Waals surface area contributed by atoms with Crippen LogP contribution in [0.3, 0.4) is 0 Å². The molecule has 0 aliphatic carbocycles. The molecule has 0 aromatic heterocycles. The van der Waals surface area contributed by atoms with Gasteiger partial charge in [-0.2, -0.15) is 0 Å². The summed E-state index contributed by atoms with van der Waals surface area (Å²) in [5, 5.41) is 9.10. The van der Waals surface area contributed by atoms with Gasteiger partial charge in [0.15, 0.2) is 0 Å². The Labute approximate surface area is 115 Å². The Bertz CT molecular complexity index is 462. The van der Waals surface area contributed by atoms with Crippen LogP contribution in [0.5, 0.6) is 5.75 Å². The second-order valence-corrected chi connectivity index (χ2v) is 5.62. The number of aliphatic hydroxyl groups is 1. The Morgan fingerprint density at radius 2 is 1.95 bits per heavy atom. The van der Waals surface area contributed by atoms with Crippen molar-refractivity contribution in [2.45, 2.75) is 39.0 Å². The average Bonchev–Trinajstić information content (AvgIpc) is 2.34. The molecular weight excluding hydrogens is 240 g/mol. The van der Waals surface area contributed by atoms with Crippen LogP contribution in [-0.4, -0.2) is 32.0 Å². The molecule has 0 atom stereocenters. The van der Waals surface area contributed by atoms with Crippen molar-refractivity contribution < 1.29 is 14.6 Å². The van der Waals surface area contributed by atoms with Gasteiger partial charge >= 0.3 is 0 Å². The van der Waals surface area contributed by atoms with Gasteiger partial charge in [-0.05, 0) is 55.9 Å². The van der Waals surface area contributed by atoms with Gasteiger partial charge in [0.25, 0.3) is 0 Å². The molecule has 0 saturated carbocycles. The number of benzene rings is 1. The molecule has 3 heteroatoms. The minimum Gasteiger partial charge on any atom is -0.496 e. The first-order valence-electron chi connectivity index (χ1n) is 6.89. The fourth-order valence-electron chi connectivity index (χ4n) is 3.12. The Kier molecular flexibility index (Phi) is 4.16. The minimum atomic E-state index is 0.0919. The van der Waals surface area contributed by atoms with Crippen LogP contribution in [0.2, 0.25) is 0 Å². The fraction of sp³-hybridized carbons (Fsp3) is 0.625. The summed E-state index contributed by atoms with van der Waals surface area (Å²) in [4.78, 5) is 0. The van der Waals surface area contributed by atoms with Crippen molar-refractivity contribution >= 4 is 0 Å². The lowest BCUT2D eigenvalue weighted by Gasteiger charge is -2.43. The zero-order valence-electron chi connectivity index (χ0n) is 12.4. The van der Waals surface area contributed by atoms with Crippen molar-refractivity contribution in [2.75, 3.05) is 26.9 Å². The number of rotatable bonds is 5. The highest BCUT2D eigenvalue weighted by Crippen LogP contribution is 2.42. The van der Waals surface area contributed by atoms with Crippen molar-refractivity contribution in [3.8, 4) is 5.75 Å². The maximum Gasteiger partial charge on any atom is 0.124 e. The van der Waals surface area contributed by atoms with E-state index in [4.69, 9.17) is 14.6 Å². The van der Waals surface area contributed by atoms with Gasteiger partial charge in [-0.1, -0.05) is 6.07 Å². The van der Waals surface area contributed by atoms with Crippen LogP contribution in [-0.2, 0) is 10.2 Å². The summed E-state index contributed by atoms with van der Waals surface area (Å²) >= 11 is 0. The van der Waals surface area contributed by atoms with Gasteiger partial charge in [0.1, 0.15) is 5.75 Å². The van der Waals surface area contributed by atoms with E-state index in [1.807, 2.05) is 0 Å². The maximum atomic E-state index is 9.10. The van der Waals surface area contributed by atoms with Crippen LogP contribution in [0.25, 0.3) is 0 Å². The van der Waals surface area contributed by atoms with Gasteiger partial charge in [-0.15, -0.1) is 0 Å². The van der Waals surface area contributed by atoms with Crippen LogP contribution in [0.1, 0.15) is 35.1 Å². The third-order valence-electron chi connectivity index (χ3n) is 4.37. The topological polar surface area (TPSA) is 38.7 Å². The van der Waals surface area contributed by atoms with E-state index < -0.39 is 0 Å². The van der Waals surface area contributed by atoms with E-state index in [-0.39, 0.29) is 12.0 Å². The van der Waals surface area contributed by atoms with Crippen molar-refractivity contribution in [3.63, 3.8) is 0 Å². The molecule has 1 aromatic rings.